The fourth-order valence-corrected chi connectivity index (χ4v) is 4.42. The summed E-state index contributed by atoms with van der Waals surface area (Å²) < 4.78 is 0. The summed E-state index contributed by atoms with van der Waals surface area (Å²) in [6.07, 6.45) is 10.0. The van der Waals surface area contributed by atoms with E-state index in [0.29, 0.717) is 11.5 Å². The molecule has 2 bridgehead atoms. The average Bonchev–Trinajstić information content (AvgIpc) is 2.39. The second-order valence-electron chi connectivity index (χ2n) is 5.82. The van der Waals surface area contributed by atoms with Gasteiger partial charge in [0.05, 0.1) is 0 Å². The number of fused-ring (bicyclic) bond motifs is 1. The van der Waals surface area contributed by atoms with Gasteiger partial charge in [-0.2, -0.15) is 0 Å². The Morgan fingerprint density at radius 1 is 1.18 bits per heavy atom. The first kappa shape index (κ1) is 9.90. The molecule has 0 aromatic heterocycles. The van der Waals surface area contributed by atoms with Crippen LogP contribution in [-0.4, -0.2) is 12.6 Å². The van der Waals surface area contributed by atoms with Gasteiger partial charge in [-0.3, -0.25) is 0 Å². The van der Waals surface area contributed by atoms with Gasteiger partial charge >= 0.3 is 0 Å². The minimum absolute atomic E-state index is 0.458. The van der Waals surface area contributed by atoms with Crippen molar-refractivity contribution < 1.29 is 0 Å². The van der Waals surface area contributed by atoms with Gasteiger partial charge in [-0.25, -0.2) is 0 Å². The van der Waals surface area contributed by atoms with Crippen LogP contribution in [0.5, 0.6) is 0 Å². The molecule has 0 amide bonds. The van der Waals surface area contributed by atoms with Crippen LogP contribution in [0.1, 0.15) is 30.4 Å². The molecule has 1 aliphatic heterocycles. The molecule has 88 valence electrons. The quantitative estimate of drug-likeness (QED) is 0.669. The maximum absolute atomic E-state index is 3.73. The van der Waals surface area contributed by atoms with Crippen LogP contribution in [-0.2, 0) is 11.8 Å². The number of piperidine rings is 1. The summed E-state index contributed by atoms with van der Waals surface area (Å²) in [7, 11) is 0. The molecule has 0 spiro atoms. The highest BCUT2D eigenvalue weighted by Crippen LogP contribution is 2.51. The first-order valence-electron chi connectivity index (χ1n) is 6.89. The molecular weight excluding hydrogens is 206 g/mol. The Morgan fingerprint density at radius 2 is 2.12 bits per heavy atom. The van der Waals surface area contributed by atoms with Crippen molar-refractivity contribution in [1.29, 1.82) is 0 Å². The van der Waals surface area contributed by atoms with E-state index < -0.39 is 0 Å². The summed E-state index contributed by atoms with van der Waals surface area (Å²) in [6, 6.07) is 9.83. The van der Waals surface area contributed by atoms with E-state index >= 15 is 0 Å². The number of allylic oxidation sites excluding steroid dienone is 1. The highest BCUT2D eigenvalue weighted by atomic mass is 15.0. The zero-order chi connectivity index (χ0) is 11.3. The molecule has 1 aromatic carbocycles. The van der Waals surface area contributed by atoms with Gasteiger partial charge in [0, 0.05) is 17.4 Å². The smallest absolute Gasteiger partial charge is 0.0179 e. The molecule has 17 heavy (non-hydrogen) atoms. The van der Waals surface area contributed by atoms with Crippen molar-refractivity contribution in [2.75, 3.05) is 6.54 Å². The zero-order valence-corrected chi connectivity index (χ0v) is 10.2. The first-order valence-corrected chi connectivity index (χ1v) is 6.89. The summed E-state index contributed by atoms with van der Waals surface area (Å²) in [6.45, 7) is 1.20. The number of hydrogen-bond donors (Lipinski definition) is 1. The van der Waals surface area contributed by atoms with E-state index in [1.54, 1.807) is 11.1 Å². The Hall–Kier alpha value is -1.08. The molecule has 1 fully saturated rings. The monoisotopic (exact) mass is 225 g/mol. The Bertz CT molecular complexity index is 476. The van der Waals surface area contributed by atoms with Crippen molar-refractivity contribution >= 4 is 0 Å². The third kappa shape index (κ3) is 1.23. The van der Waals surface area contributed by atoms with Crippen molar-refractivity contribution in [2.45, 2.75) is 37.1 Å². The predicted octanol–water partition coefficient (Wildman–Crippen LogP) is 2.81. The van der Waals surface area contributed by atoms with Crippen LogP contribution < -0.4 is 5.32 Å². The lowest BCUT2D eigenvalue weighted by molar-refractivity contribution is 0.147. The molecule has 3 aliphatic rings. The van der Waals surface area contributed by atoms with Crippen LogP contribution in [0, 0.1) is 5.92 Å². The van der Waals surface area contributed by atoms with E-state index in [4.69, 9.17) is 0 Å². The topological polar surface area (TPSA) is 12.0 Å². The summed E-state index contributed by atoms with van der Waals surface area (Å²) in [4.78, 5) is 0. The van der Waals surface area contributed by atoms with Crippen LogP contribution in [0.4, 0.5) is 0 Å². The molecule has 0 radical (unpaired) electrons. The van der Waals surface area contributed by atoms with Crippen molar-refractivity contribution in [3.63, 3.8) is 0 Å². The number of hydrogen-bond acceptors (Lipinski definition) is 1. The minimum atomic E-state index is 0.458. The fourth-order valence-electron chi connectivity index (χ4n) is 4.42. The Kier molecular flexibility index (Phi) is 2.01. The van der Waals surface area contributed by atoms with E-state index in [1.165, 1.54) is 32.2 Å². The van der Waals surface area contributed by atoms with Crippen molar-refractivity contribution in [3.05, 3.63) is 47.5 Å². The van der Waals surface area contributed by atoms with E-state index in [2.05, 4.69) is 41.7 Å². The van der Waals surface area contributed by atoms with Gasteiger partial charge in [0.15, 0.2) is 0 Å². The van der Waals surface area contributed by atoms with Gasteiger partial charge in [0.1, 0.15) is 0 Å². The highest BCUT2D eigenvalue weighted by molar-refractivity contribution is 5.42. The number of rotatable bonds is 0. The Balaban J connectivity index is 1.95. The summed E-state index contributed by atoms with van der Waals surface area (Å²) >= 11 is 0. The number of benzene rings is 1. The first-order chi connectivity index (χ1) is 8.40. The Labute approximate surface area is 103 Å². The van der Waals surface area contributed by atoms with Gasteiger partial charge in [0.25, 0.3) is 0 Å². The number of nitrogens with one attached hydrogen (secondary N) is 1. The third-order valence-electron chi connectivity index (χ3n) is 5.14. The molecule has 1 heteroatoms. The molecular formula is C16H19N. The minimum Gasteiger partial charge on any atom is -0.313 e. The molecule has 3 atom stereocenters. The van der Waals surface area contributed by atoms with Crippen LogP contribution in [0.25, 0.3) is 0 Å². The summed E-state index contributed by atoms with van der Waals surface area (Å²) in [5.41, 5.74) is 3.71. The van der Waals surface area contributed by atoms with Gasteiger partial charge in [-0.05, 0) is 43.4 Å². The standard InChI is InChI=1S/C16H19N/c1-2-6-13-12(5-1)11-15-14-7-3-4-8-16(13,14)9-10-17-15/h1-3,5-7,14-15,17H,4,8-11H2. The van der Waals surface area contributed by atoms with E-state index in [9.17, 15) is 0 Å². The van der Waals surface area contributed by atoms with Crippen molar-refractivity contribution in [2.24, 2.45) is 5.92 Å². The van der Waals surface area contributed by atoms with Gasteiger partial charge in [-0.15, -0.1) is 0 Å². The molecule has 1 saturated heterocycles. The lowest BCUT2D eigenvalue weighted by atomic mass is 9.54. The average molecular weight is 225 g/mol. The zero-order valence-electron chi connectivity index (χ0n) is 10.2. The molecule has 2 aliphatic carbocycles. The van der Waals surface area contributed by atoms with Gasteiger partial charge in [0.2, 0.25) is 0 Å². The van der Waals surface area contributed by atoms with E-state index in [-0.39, 0.29) is 0 Å². The van der Waals surface area contributed by atoms with Crippen LogP contribution in [0.2, 0.25) is 0 Å². The van der Waals surface area contributed by atoms with Gasteiger partial charge < -0.3 is 5.32 Å². The second-order valence-corrected chi connectivity index (χ2v) is 5.82. The molecule has 1 heterocycles. The largest absolute Gasteiger partial charge is 0.313 e. The molecule has 1 nitrogen and oxygen atoms in total. The SMILES string of the molecule is C1=CC2C3Cc4ccccc4C2(CC1)CCN3. The highest BCUT2D eigenvalue weighted by Gasteiger charge is 2.49. The predicted molar refractivity (Wildman–Crippen MR) is 70.1 cm³/mol. The van der Waals surface area contributed by atoms with Crippen LogP contribution >= 0.6 is 0 Å². The second kappa shape index (κ2) is 3.46. The normalized spacial score (nSPS) is 38.4. The fraction of sp³-hybridized carbons (Fsp3) is 0.500. The summed E-state index contributed by atoms with van der Waals surface area (Å²) in [5, 5.41) is 3.73. The van der Waals surface area contributed by atoms with Crippen molar-refractivity contribution in [3.8, 4) is 0 Å². The molecule has 4 rings (SSSR count). The van der Waals surface area contributed by atoms with Crippen LogP contribution in [0.15, 0.2) is 36.4 Å². The van der Waals surface area contributed by atoms with E-state index in [1.807, 2.05) is 0 Å². The molecule has 0 saturated carbocycles. The molecule has 1 N–H and O–H groups in total. The lowest BCUT2D eigenvalue weighted by Crippen LogP contribution is -2.58. The Morgan fingerprint density at radius 3 is 3.12 bits per heavy atom. The van der Waals surface area contributed by atoms with Crippen molar-refractivity contribution in [1.82, 2.24) is 5.32 Å². The summed E-state index contributed by atoms with van der Waals surface area (Å²) in [5.74, 6) is 0.736. The third-order valence-corrected chi connectivity index (χ3v) is 5.14. The van der Waals surface area contributed by atoms with Gasteiger partial charge in [-0.1, -0.05) is 36.4 Å². The van der Waals surface area contributed by atoms with Crippen LogP contribution in [0.3, 0.4) is 0 Å². The maximum atomic E-state index is 3.73. The lowest BCUT2D eigenvalue weighted by Gasteiger charge is -2.54. The maximum Gasteiger partial charge on any atom is 0.0179 e. The van der Waals surface area contributed by atoms with E-state index in [0.717, 1.165) is 5.92 Å². The molecule has 3 unspecified atom stereocenters. The molecule has 1 aromatic rings.